The standard InChI is InChI=1S/C46H32N4O/c1-4-16-34(17-5-1)45-47-48-46(51-45)35-27-29-38(30-28-35)49(36-19-6-2-7-20-36)43-31-32-44(41-25-13-12-24-40(41)43)50(37-21-8-3-9-22-37)42-26-14-18-33-15-10-11-23-39(33)42/h1-32H. The lowest BCUT2D eigenvalue weighted by Gasteiger charge is -2.31. The normalized spacial score (nSPS) is 11.1. The Hall–Kier alpha value is -6.98. The van der Waals surface area contributed by atoms with E-state index in [4.69, 9.17) is 4.42 Å². The molecule has 0 aliphatic heterocycles. The molecule has 51 heavy (non-hydrogen) atoms. The number of fused-ring (bicyclic) bond motifs is 2. The first-order valence-electron chi connectivity index (χ1n) is 17.0. The van der Waals surface area contributed by atoms with E-state index in [0.717, 1.165) is 56.0 Å². The molecular weight excluding hydrogens is 625 g/mol. The molecule has 0 radical (unpaired) electrons. The highest BCUT2D eigenvalue weighted by atomic mass is 16.4. The van der Waals surface area contributed by atoms with Crippen molar-refractivity contribution < 1.29 is 4.42 Å². The number of hydrogen-bond acceptors (Lipinski definition) is 5. The third-order valence-corrected chi connectivity index (χ3v) is 9.21. The van der Waals surface area contributed by atoms with Crippen molar-refractivity contribution in [3.05, 3.63) is 194 Å². The summed E-state index contributed by atoms with van der Waals surface area (Å²) in [5, 5.41) is 13.3. The van der Waals surface area contributed by atoms with Gasteiger partial charge in [-0.3, -0.25) is 0 Å². The highest BCUT2D eigenvalue weighted by Crippen LogP contribution is 2.46. The molecule has 0 amide bonds. The zero-order chi connectivity index (χ0) is 34.0. The fourth-order valence-electron chi connectivity index (χ4n) is 6.84. The van der Waals surface area contributed by atoms with Gasteiger partial charge in [-0.2, -0.15) is 0 Å². The quantitative estimate of drug-likeness (QED) is 0.163. The minimum absolute atomic E-state index is 0.482. The van der Waals surface area contributed by atoms with Crippen LogP contribution in [0.15, 0.2) is 199 Å². The van der Waals surface area contributed by atoms with Crippen LogP contribution in [0.4, 0.5) is 34.1 Å². The van der Waals surface area contributed by atoms with Gasteiger partial charge in [0.1, 0.15) is 0 Å². The van der Waals surface area contributed by atoms with E-state index >= 15 is 0 Å². The Labute approximate surface area is 296 Å². The minimum Gasteiger partial charge on any atom is -0.416 e. The van der Waals surface area contributed by atoms with E-state index in [9.17, 15) is 0 Å². The van der Waals surface area contributed by atoms with Gasteiger partial charge in [0, 0.05) is 44.3 Å². The molecule has 0 spiro atoms. The number of hydrogen-bond donors (Lipinski definition) is 0. The fraction of sp³-hybridized carbons (Fsp3) is 0. The van der Waals surface area contributed by atoms with Crippen LogP contribution in [0, 0.1) is 0 Å². The molecule has 8 aromatic carbocycles. The van der Waals surface area contributed by atoms with Crippen molar-refractivity contribution in [2.75, 3.05) is 9.80 Å². The summed E-state index contributed by atoms with van der Waals surface area (Å²) in [7, 11) is 0. The molecule has 5 heteroatoms. The van der Waals surface area contributed by atoms with Gasteiger partial charge in [-0.05, 0) is 84.2 Å². The Morgan fingerprint density at radius 1 is 0.314 bits per heavy atom. The number of anilines is 6. The molecule has 1 aromatic heterocycles. The number of para-hydroxylation sites is 2. The van der Waals surface area contributed by atoms with E-state index in [1.54, 1.807) is 0 Å². The second-order valence-electron chi connectivity index (χ2n) is 12.3. The van der Waals surface area contributed by atoms with Crippen molar-refractivity contribution in [3.63, 3.8) is 0 Å². The SMILES string of the molecule is c1ccc(-c2nnc(-c3ccc(N(c4ccccc4)c4ccc(N(c5ccccc5)c5cccc6ccccc56)c5ccccc45)cc3)o2)cc1. The van der Waals surface area contributed by atoms with Gasteiger partial charge in [-0.1, -0.05) is 115 Å². The zero-order valence-corrected chi connectivity index (χ0v) is 27.7. The smallest absolute Gasteiger partial charge is 0.248 e. The van der Waals surface area contributed by atoms with E-state index in [2.05, 4.69) is 166 Å². The Morgan fingerprint density at radius 2 is 0.745 bits per heavy atom. The summed E-state index contributed by atoms with van der Waals surface area (Å²) in [6.45, 7) is 0. The van der Waals surface area contributed by atoms with Crippen LogP contribution in [-0.2, 0) is 0 Å². The largest absolute Gasteiger partial charge is 0.416 e. The van der Waals surface area contributed by atoms with Crippen LogP contribution >= 0.6 is 0 Å². The van der Waals surface area contributed by atoms with Crippen LogP contribution in [0.5, 0.6) is 0 Å². The van der Waals surface area contributed by atoms with Gasteiger partial charge < -0.3 is 14.2 Å². The first-order valence-corrected chi connectivity index (χ1v) is 17.0. The van der Waals surface area contributed by atoms with Gasteiger partial charge in [0.05, 0.1) is 17.1 Å². The lowest BCUT2D eigenvalue weighted by molar-refractivity contribution is 0.584. The molecule has 0 saturated carbocycles. The van der Waals surface area contributed by atoms with Gasteiger partial charge >= 0.3 is 0 Å². The van der Waals surface area contributed by atoms with Crippen LogP contribution < -0.4 is 9.80 Å². The number of rotatable bonds is 8. The van der Waals surface area contributed by atoms with Crippen LogP contribution in [0.2, 0.25) is 0 Å². The molecule has 0 bridgehead atoms. The predicted octanol–water partition coefficient (Wildman–Crippen LogP) is 12.6. The van der Waals surface area contributed by atoms with Crippen LogP contribution in [-0.4, -0.2) is 10.2 Å². The lowest BCUT2D eigenvalue weighted by atomic mass is 10.0. The zero-order valence-electron chi connectivity index (χ0n) is 27.7. The molecule has 0 aliphatic rings. The van der Waals surface area contributed by atoms with Crippen LogP contribution in [0.1, 0.15) is 0 Å². The van der Waals surface area contributed by atoms with Crippen molar-refractivity contribution >= 4 is 55.7 Å². The van der Waals surface area contributed by atoms with Crippen LogP contribution in [0.25, 0.3) is 44.5 Å². The van der Waals surface area contributed by atoms with E-state index in [1.165, 1.54) is 10.8 Å². The van der Waals surface area contributed by atoms with E-state index in [-0.39, 0.29) is 0 Å². The van der Waals surface area contributed by atoms with Crippen molar-refractivity contribution in [2.24, 2.45) is 0 Å². The molecule has 5 nitrogen and oxygen atoms in total. The van der Waals surface area contributed by atoms with Crippen molar-refractivity contribution in [1.29, 1.82) is 0 Å². The summed E-state index contributed by atoms with van der Waals surface area (Å²) < 4.78 is 6.08. The Balaban J connectivity index is 1.18. The summed E-state index contributed by atoms with van der Waals surface area (Å²) in [5.41, 5.74) is 8.22. The molecule has 9 rings (SSSR count). The molecule has 0 aliphatic carbocycles. The van der Waals surface area contributed by atoms with Gasteiger partial charge in [-0.25, -0.2) is 0 Å². The first-order chi connectivity index (χ1) is 25.3. The average molecular weight is 657 g/mol. The van der Waals surface area contributed by atoms with Gasteiger partial charge in [0.15, 0.2) is 0 Å². The first kappa shape index (κ1) is 30.1. The molecule has 1 heterocycles. The third-order valence-electron chi connectivity index (χ3n) is 9.21. The molecule has 0 saturated heterocycles. The molecule has 0 N–H and O–H groups in total. The number of nitrogens with zero attached hydrogens (tertiary/aromatic N) is 4. The maximum Gasteiger partial charge on any atom is 0.248 e. The van der Waals surface area contributed by atoms with E-state index < -0.39 is 0 Å². The van der Waals surface area contributed by atoms with E-state index in [0.29, 0.717) is 11.8 Å². The lowest BCUT2D eigenvalue weighted by Crippen LogP contribution is -2.13. The Morgan fingerprint density at radius 3 is 1.37 bits per heavy atom. The fourth-order valence-corrected chi connectivity index (χ4v) is 6.84. The third kappa shape index (κ3) is 5.67. The summed E-state index contributed by atoms with van der Waals surface area (Å²) in [4.78, 5) is 4.69. The average Bonchev–Trinajstić information content (AvgIpc) is 3.71. The molecular formula is C46H32N4O. The number of aromatic nitrogens is 2. The van der Waals surface area contributed by atoms with Crippen molar-refractivity contribution in [1.82, 2.24) is 10.2 Å². The molecule has 0 atom stereocenters. The van der Waals surface area contributed by atoms with Gasteiger partial charge in [0.25, 0.3) is 0 Å². The Bertz CT molecular complexity index is 2580. The maximum absolute atomic E-state index is 6.08. The van der Waals surface area contributed by atoms with E-state index in [1.807, 2.05) is 48.5 Å². The van der Waals surface area contributed by atoms with Gasteiger partial charge in [-0.15, -0.1) is 10.2 Å². The summed E-state index contributed by atoms with van der Waals surface area (Å²) >= 11 is 0. The molecule has 0 unspecified atom stereocenters. The van der Waals surface area contributed by atoms with Crippen molar-refractivity contribution in [2.45, 2.75) is 0 Å². The van der Waals surface area contributed by atoms with Crippen LogP contribution in [0.3, 0.4) is 0 Å². The highest BCUT2D eigenvalue weighted by molar-refractivity contribution is 6.09. The molecule has 9 aromatic rings. The Kier molecular flexibility index (Phi) is 7.76. The maximum atomic E-state index is 6.08. The summed E-state index contributed by atoms with van der Waals surface area (Å²) in [6, 6.07) is 67.5. The molecule has 242 valence electrons. The van der Waals surface area contributed by atoms with Gasteiger partial charge in [0.2, 0.25) is 11.8 Å². The molecule has 0 fully saturated rings. The second kappa shape index (κ2) is 13.1. The summed E-state index contributed by atoms with van der Waals surface area (Å²) in [5.74, 6) is 0.983. The second-order valence-corrected chi connectivity index (χ2v) is 12.3. The number of benzene rings is 8. The monoisotopic (exact) mass is 656 g/mol. The van der Waals surface area contributed by atoms with Crippen molar-refractivity contribution in [3.8, 4) is 22.9 Å². The predicted molar refractivity (Wildman–Crippen MR) is 210 cm³/mol. The minimum atomic E-state index is 0.482. The highest BCUT2D eigenvalue weighted by Gasteiger charge is 2.22. The topological polar surface area (TPSA) is 45.4 Å². The summed E-state index contributed by atoms with van der Waals surface area (Å²) in [6.07, 6.45) is 0.